The number of aromatic nitrogens is 2. The second-order valence-electron chi connectivity index (χ2n) is 7.36. The number of anilines is 2. The first-order valence-corrected chi connectivity index (χ1v) is 9.75. The normalized spacial score (nSPS) is 17.4. The highest BCUT2D eigenvalue weighted by Crippen LogP contribution is 2.40. The van der Waals surface area contributed by atoms with Gasteiger partial charge in [0.1, 0.15) is 11.9 Å². The Bertz CT molecular complexity index is 1070. The van der Waals surface area contributed by atoms with Gasteiger partial charge in [-0.25, -0.2) is 4.98 Å². The molecule has 3 aromatic rings. The quantitative estimate of drug-likeness (QED) is 0.461. The molecule has 2 unspecified atom stereocenters. The Balaban J connectivity index is 1.47. The molecule has 1 fully saturated rings. The van der Waals surface area contributed by atoms with E-state index in [2.05, 4.69) is 20.6 Å². The molecule has 1 aliphatic heterocycles. The summed E-state index contributed by atoms with van der Waals surface area (Å²) in [5.41, 5.74) is 2.65. The number of carbonyl (C=O) groups is 2. The predicted octanol–water partition coefficient (Wildman–Crippen LogP) is 3.81. The van der Waals surface area contributed by atoms with Crippen LogP contribution in [0.2, 0.25) is 0 Å². The van der Waals surface area contributed by atoms with Gasteiger partial charge in [0, 0.05) is 29.4 Å². The largest absolute Gasteiger partial charge is 0.356 e. The average molecular weight is 402 g/mol. The second-order valence-corrected chi connectivity index (χ2v) is 7.36. The lowest BCUT2D eigenvalue weighted by Gasteiger charge is -2.10. The van der Waals surface area contributed by atoms with E-state index < -0.39 is 0 Å². The van der Waals surface area contributed by atoms with Gasteiger partial charge in [0.25, 0.3) is 0 Å². The summed E-state index contributed by atoms with van der Waals surface area (Å²) in [6.07, 6.45) is 4.35. The van der Waals surface area contributed by atoms with Crippen molar-refractivity contribution >= 4 is 23.2 Å². The maximum absolute atomic E-state index is 12.9. The molecule has 1 aromatic carbocycles. The molecule has 4 rings (SSSR count). The Kier molecular flexibility index (Phi) is 5.54. The van der Waals surface area contributed by atoms with Gasteiger partial charge in [-0.05, 0) is 23.8 Å². The lowest BCUT2D eigenvalue weighted by atomic mass is 10.0. The van der Waals surface area contributed by atoms with Crippen molar-refractivity contribution in [3.8, 4) is 0 Å². The fourth-order valence-electron chi connectivity index (χ4n) is 3.04. The third-order valence-corrected chi connectivity index (χ3v) is 4.78. The molecule has 7 nitrogen and oxygen atoms in total. The van der Waals surface area contributed by atoms with Crippen molar-refractivity contribution in [2.75, 3.05) is 10.6 Å². The highest BCUT2D eigenvalue weighted by atomic mass is 16.6. The van der Waals surface area contributed by atoms with Gasteiger partial charge in [-0.15, -0.1) is 0 Å². The molecule has 7 heteroatoms. The molecule has 2 aromatic heterocycles. The number of hydrogen-bond donors (Lipinski definition) is 2. The molecule has 2 N–H and O–H groups in total. The van der Waals surface area contributed by atoms with Crippen LogP contribution in [-0.4, -0.2) is 27.9 Å². The van der Waals surface area contributed by atoms with Crippen LogP contribution in [0.1, 0.15) is 41.4 Å². The number of benzene rings is 1. The fraction of sp³-hybridized carbons (Fsp3) is 0.217. The maximum atomic E-state index is 12.9. The first-order valence-electron chi connectivity index (χ1n) is 9.75. The maximum Gasteiger partial charge on any atom is 0.228 e. The van der Waals surface area contributed by atoms with Crippen LogP contribution >= 0.6 is 0 Å². The summed E-state index contributed by atoms with van der Waals surface area (Å²) in [6.45, 7) is 3.65. The number of carbonyl (C=O) groups excluding carboxylic acids is 2. The van der Waals surface area contributed by atoms with Gasteiger partial charge in [0.2, 0.25) is 5.91 Å². The standard InChI is InChI=1S/C23H22N4O3/c1-14(2)22(29)27-19-12-16(8-11-25-19)21-23(30-21)26-18-13-24-10-9-17(18)20(28)15-6-4-3-5-7-15/h3-14,21,23,26H,1-2H3,(H,25,27,29). The van der Waals surface area contributed by atoms with Crippen molar-refractivity contribution in [3.63, 3.8) is 0 Å². The van der Waals surface area contributed by atoms with Crippen molar-refractivity contribution in [3.05, 3.63) is 83.8 Å². The third-order valence-electron chi connectivity index (χ3n) is 4.78. The van der Waals surface area contributed by atoms with E-state index >= 15 is 0 Å². The minimum Gasteiger partial charge on any atom is -0.356 e. The summed E-state index contributed by atoms with van der Waals surface area (Å²) in [6, 6.07) is 14.4. The van der Waals surface area contributed by atoms with E-state index in [4.69, 9.17) is 4.74 Å². The smallest absolute Gasteiger partial charge is 0.228 e. The van der Waals surface area contributed by atoms with Crippen molar-refractivity contribution in [2.24, 2.45) is 5.92 Å². The monoisotopic (exact) mass is 402 g/mol. The third kappa shape index (κ3) is 4.36. The Morgan fingerprint density at radius 1 is 1.07 bits per heavy atom. The molecule has 0 radical (unpaired) electrons. The molecule has 0 aliphatic carbocycles. The van der Waals surface area contributed by atoms with E-state index in [0.717, 1.165) is 5.56 Å². The Labute approximate surface area is 174 Å². The predicted molar refractivity (Wildman–Crippen MR) is 113 cm³/mol. The van der Waals surface area contributed by atoms with Crippen molar-refractivity contribution in [1.82, 2.24) is 9.97 Å². The summed E-state index contributed by atoms with van der Waals surface area (Å²) >= 11 is 0. The van der Waals surface area contributed by atoms with Gasteiger partial charge in [-0.3, -0.25) is 14.6 Å². The van der Waals surface area contributed by atoms with Crippen LogP contribution in [-0.2, 0) is 9.53 Å². The fourth-order valence-corrected chi connectivity index (χ4v) is 3.04. The molecule has 0 spiro atoms. The van der Waals surface area contributed by atoms with Gasteiger partial charge >= 0.3 is 0 Å². The number of hydrogen-bond acceptors (Lipinski definition) is 6. The van der Waals surface area contributed by atoms with E-state index in [1.807, 2.05) is 38.1 Å². The number of ketones is 1. The molecule has 1 aliphatic rings. The van der Waals surface area contributed by atoms with E-state index in [1.54, 1.807) is 42.9 Å². The molecule has 0 bridgehead atoms. The highest BCUT2D eigenvalue weighted by Gasteiger charge is 2.41. The summed E-state index contributed by atoms with van der Waals surface area (Å²) in [5, 5.41) is 6.04. The summed E-state index contributed by atoms with van der Waals surface area (Å²) in [4.78, 5) is 33.1. The van der Waals surface area contributed by atoms with Crippen LogP contribution in [0, 0.1) is 5.92 Å². The Hall–Kier alpha value is -3.58. The van der Waals surface area contributed by atoms with Gasteiger partial charge in [0.05, 0.1) is 11.9 Å². The van der Waals surface area contributed by atoms with E-state index in [1.165, 1.54) is 0 Å². The zero-order chi connectivity index (χ0) is 21.1. The van der Waals surface area contributed by atoms with Gasteiger partial charge < -0.3 is 15.4 Å². The molecule has 3 heterocycles. The van der Waals surface area contributed by atoms with Crippen molar-refractivity contribution < 1.29 is 14.3 Å². The molecule has 152 valence electrons. The number of epoxide rings is 1. The number of ether oxygens (including phenoxy) is 1. The molecule has 2 atom stereocenters. The lowest BCUT2D eigenvalue weighted by molar-refractivity contribution is -0.118. The minimum atomic E-state index is -0.299. The number of nitrogens with one attached hydrogen (secondary N) is 2. The SMILES string of the molecule is CC(C)C(=O)Nc1cc(C2OC2Nc2cnccc2C(=O)c2ccccc2)ccn1. The van der Waals surface area contributed by atoms with Gasteiger partial charge in [-0.1, -0.05) is 44.2 Å². The number of pyridine rings is 2. The van der Waals surface area contributed by atoms with Crippen LogP contribution in [0.25, 0.3) is 0 Å². The van der Waals surface area contributed by atoms with Crippen LogP contribution < -0.4 is 10.6 Å². The topological polar surface area (TPSA) is 96.5 Å². The number of nitrogens with zero attached hydrogens (tertiary/aromatic N) is 2. The molecule has 0 saturated carbocycles. The van der Waals surface area contributed by atoms with E-state index in [0.29, 0.717) is 22.6 Å². The average Bonchev–Trinajstić information content (AvgIpc) is 3.53. The van der Waals surface area contributed by atoms with Crippen LogP contribution in [0.15, 0.2) is 67.1 Å². The van der Waals surface area contributed by atoms with Gasteiger partial charge in [-0.2, -0.15) is 0 Å². The molecule has 1 saturated heterocycles. The minimum absolute atomic E-state index is 0.0831. The van der Waals surface area contributed by atoms with Crippen LogP contribution in [0.4, 0.5) is 11.5 Å². The zero-order valence-electron chi connectivity index (χ0n) is 16.7. The van der Waals surface area contributed by atoms with Crippen LogP contribution in [0.5, 0.6) is 0 Å². The molecule has 30 heavy (non-hydrogen) atoms. The zero-order valence-corrected chi connectivity index (χ0v) is 16.7. The van der Waals surface area contributed by atoms with Gasteiger partial charge in [0.15, 0.2) is 12.0 Å². The summed E-state index contributed by atoms with van der Waals surface area (Å²) in [7, 11) is 0. The molecular formula is C23H22N4O3. The van der Waals surface area contributed by atoms with Crippen LogP contribution in [0.3, 0.4) is 0 Å². The number of rotatable bonds is 7. The van der Waals surface area contributed by atoms with Crippen molar-refractivity contribution in [2.45, 2.75) is 26.2 Å². The molecular weight excluding hydrogens is 380 g/mol. The van der Waals surface area contributed by atoms with E-state index in [-0.39, 0.29) is 29.9 Å². The van der Waals surface area contributed by atoms with E-state index in [9.17, 15) is 9.59 Å². The second kappa shape index (κ2) is 8.42. The lowest BCUT2D eigenvalue weighted by Crippen LogP contribution is -2.18. The van der Waals surface area contributed by atoms with Crippen molar-refractivity contribution in [1.29, 1.82) is 0 Å². The first-order chi connectivity index (χ1) is 14.5. The molecule has 1 amide bonds. The Morgan fingerprint density at radius 2 is 1.87 bits per heavy atom. The first kappa shape index (κ1) is 19.7. The summed E-state index contributed by atoms with van der Waals surface area (Å²) in [5.74, 6) is 0.181. The summed E-state index contributed by atoms with van der Waals surface area (Å²) < 4.78 is 5.76. The Morgan fingerprint density at radius 3 is 2.63 bits per heavy atom. The number of amides is 1. The highest BCUT2D eigenvalue weighted by molar-refractivity contribution is 6.12.